The van der Waals surface area contributed by atoms with E-state index in [4.69, 9.17) is 11.6 Å². The monoisotopic (exact) mass is 345 g/mol. The maximum atomic E-state index is 6.14. The highest BCUT2D eigenvalue weighted by Crippen LogP contribution is 2.28. The van der Waals surface area contributed by atoms with Crippen molar-refractivity contribution < 1.29 is 0 Å². The highest BCUT2D eigenvalue weighted by Gasteiger charge is 2.21. The van der Waals surface area contributed by atoms with Gasteiger partial charge in [0.1, 0.15) is 5.69 Å². The van der Waals surface area contributed by atoms with E-state index < -0.39 is 0 Å². The Bertz CT molecular complexity index is 668. The van der Waals surface area contributed by atoms with Crippen molar-refractivity contribution in [1.82, 2.24) is 19.8 Å². The van der Waals surface area contributed by atoms with Gasteiger partial charge in [0.05, 0.1) is 0 Å². The molecule has 0 amide bonds. The Kier molecular flexibility index (Phi) is 5.66. The minimum absolute atomic E-state index is 0.720. The van der Waals surface area contributed by atoms with Gasteiger partial charge in [-0.15, -0.1) is 0 Å². The molecule has 0 unspecified atom stereocenters. The zero-order valence-corrected chi connectivity index (χ0v) is 15.1. The second-order valence-corrected chi connectivity index (χ2v) is 6.81. The number of halogens is 1. The van der Waals surface area contributed by atoms with Crippen LogP contribution in [0.25, 0.3) is 11.3 Å². The van der Waals surface area contributed by atoms with Gasteiger partial charge in [-0.05, 0) is 26.2 Å². The zero-order chi connectivity index (χ0) is 16.9. The Morgan fingerprint density at radius 2 is 1.83 bits per heavy atom. The van der Waals surface area contributed by atoms with E-state index in [1.165, 1.54) is 0 Å². The molecule has 5 nitrogen and oxygen atoms in total. The van der Waals surface area contributed by atoms with Crippen LogP contribution < -0.4 is 4.90 Å². The lowest BCUT2D eigenvalue weighted by Gasteiger charge is -2.36. The van der Waals surface area contributed by atoms with E-state index in [1.54, 1.807) is 12.4 Å². The van der Waals surface area contributed by atoms with Crippen LogP contribution in [0.2, 0.25) is 5.02 Å². The van der Waals surface area contributed by atoms with E-state index in [0.717, 1.165) is 61.4 Å². The van der Waals surface area contributed by atoms with Crippen molar-refractivity contribution in [2.75, 3.05) is 58.3 Å². The molecule has 0 radical (unpaired) electrons. The molecular formula is C18H24ClN5. The first kappa shape index (κ1) is 17.1. The number of likely N-dealkylation sites (N-methyl/N-ethyl adjacent to an activating group) is 1. The topological polar surface area (TPSA) is 35.5 Å². The van der Waals surface area contributed by atoms with Gasteiger partial charge < -0.3 is 9.80 Å². The molecule has 0 aliphatic carbocycles. The van der Waals surface area contributed by atoms with Crippen LogP contribution in [0.5, 0.6) is 0 Å². The van der Waals surface area contributed by atoms with Gasteiger partial charge >= 0.3 is 0 Å². The van der Waals surface area contributed by atoms with Crippen molar-refractivity contribution in [2.45, 2.75) is 0 Å². The molecule has 1 aliphatic heterocycles. The van der Waals surface area contributed by atoms with Crippen LogP contribution in [0, 0.1) is 0 Å². The second-order valence-electron chi connectivity index (χ2n) is 6.37. The SMILES string of the molecule is CN(C)CCN1CCN(c2nccnc2-c2cccc(Cl)c2)CC1. The zero-order valence-electron chi connectivity index (χ0n) is 14.3. The number of nitrogens with zero attached hydrogens (tertiary/aromatic N) is 5. The predicted molar refractivity (Wildman–Crippen MR) is 99.7 cm³/mol. The van der Waals surface area contributed by atoms with Crippen molar-refractivity contribution in [3.05, 3.63) is 41.7 Å². The van der Waals surface area contributed by atoms with Crippen molar-refractivity contribution in [2.24, 2.45) is 0 Å². The van der Waals surface area contributed by atoms with Gasteiger partial charge in [0.15, 0.2) is 5.82 Å². The molecule has 0 saturated carbocycles. The lowest BCUT2D eigenvalue weighted by atomic mass is 10.1. The first-order chi connectivity index (χ1) is 11.6. The van der Waals surface area contributed by atoms with Crippen LogP contribution >= 0.6 is 11.6 Å². The molecule has 1 aromatic heterocycles. The lowest BCUT2D eigenvalue weighted by molar-refractivity contribution is 0.229. The van der Waals surface area contributed by atoms with Gasteiger partial charge in [0.25, 0.3) is 0 Å². The fourth-order valence-electron chi connectivity index (χ4n) is 2.93. The summed E-state index contributed by atoms with van der Waals surface area (Å²) < 4.78 is 0. The first-order valence-electron chi connectivity index (χ1n) is 8.32. The largest absolute Gasteiger partial charge is 0.352 e. The van der Waals surface area contributed by atoms with Crippen molar-refractivity contribution >= 4 is 17.4 Å². The third-order valence-corrected chi connectivity index (χ3v) is 4.55. The number of aromatic nitrogens is 2. The lowest BCUT2D eigenvalue weighted by Crippen LogP contribution is -2.48. The Hall–Kier alpha value is -1.69. The number of rotatable bonds is 5. The molecule has 24 heavy (non-hydrogen) atoms. The molecule has 128 valence electrons. The fraction of sp³-hybridized carbons (Fsp3) is 0.444. The summed E-state index contributed by atoms with van der Waals surface area (Å²) in [7, 11) is 4.24. The van der Waals surface area contributed by atoms with Gasteiger partial charge in [0, 0.05) is 62.2 Å². The molecule has 0 spiro atoms. The van der Waals surface area contributed by atoms with Gasteiger partial charge in [-0.2, -0.15) is 0 Å². The van der Waals surface area contributed by atoms with Crippen molar-refractivity contribution in [3.8, 4) is 11.3 Å². The van der Waals surface area contributed by atoms with Gasteiger partial charge in [-0.25, -0.2) is 4.98 Å². The van der Waals surface area contributed by atoms with Gasteiger partial charge in [-0.3, -0.25) is 9.88 Å². The molecule has 0 N–H and O–H groups in total. The predicted octanol–water partition coefficient (Wildman–Crippen LogP) is 2.48. The standard InChI is InChI=1S/C18H24ClN5/c1-22(2)8-9-23-10-12-24(13-11-23)18-17(20-6-7-21-18)15-4-3-5-16(19)14-15/h3-7,14H,8-13H2,1-2H3. The van der Waals surface area contributed by atoms with Gasteiger partial charge in [-0.1, -0.05) is 23.7 Å². The molecular weight excluding hydrogens is 322 g/mol. The van der Waals surface area contributed by atoms with E-state index >= 15 is 0 Å². The second kappa shape index (κ2) is 7.92. The molecule has 1 fully saturated rings. The highest BCUT2D eigenvalue weighted by atomic mass is 35.5. The molecule has 6 heteroatoms. The van der Waals surface area contributed by atoms with Crippen LogP contribution in [0.3, 0.4) is 0 Å². The number of anilines is 1. The molecule has 0 bridgehead atoms. The van der Waals surface area contributed by atoms with E-state index in [1.807, 2.05) is 24.3 Å². The summed E-state index contributed by atoms with van der Waals surface area (Å²) >= 11 is 6.14. The molecule has 1 aliphatic rings. The first-order valence-corrected chi connectivity index (χ1v) is 8.70. The highest BCUT2D eigenvalue weighted by molar-refractivity contribution is 6.30. The number of hydrogen-bond acceptors (Lipinski definition) is 5. The molecule has 3 rings (SSSR count). The Morgan fingerprint density at radius 1 is 1.08 bits per heavy atom. The third kappa shape index (κ3) is 4.23. The summed E-state index contributed by atoms with van der Waals surface area (Å²) in [4.78, 5) is 16.2. The number of hydrogen-bond donors (Lipinski definition) is 0. The maximum Gasteiger partial charge on any atom is 0.155 e. The van der Waals surface area contributed by atoms with Crippen LogP contribution in [0.4, 0.5) is 5.82 Å². The van der Waals surface area contributed by atoms with Crippen LogP contribution in [0.1, 0.15) is 0 Å². The van der Waals surface area contributed by atoms with Crippen LogP contribution in [-0.4, -0.2) is 73.1 Å². The minimum atomic E-state index is 0.720. The average molecular weight is 346 g/mol. The number of benzene rings is 1. The maximum absolute atomic E-state index is 6.14. The Balaban J connectivity index is 1.72. The summed E-state index contributed by atoms with van der Waals surface area (Å²) in [5, 5.41) is 0.720. The minimum Gasteiger partial charge on any atom is -0.352 e. The summed E-state index contributed by atoms with van der Waals surface area (Å²) in [6.45, 7) is 6.26. The average Bonchev–Trinajstić information content (AvgIpc) is 2.60. The van der Waals surface area contributed by atoms with Gasteiger partial charge in [0.2, 0.25) is 0 Å². The number of piperazine rings is 1. The molecule has 1 saturated heterocycles. The molecule has 2 heterocycles. The molecule has 2 aromatic rings. The summed E-state index contributed by atoms with van der Waals surface area (Å²) in [6.07, 6.45) is 3.51. The third-order valence-electron chi connectivity index (χ3n) is 4.31. The summed E-state index contributed by atoms with van der Waals surface area (Å²) in [5.41, 5.74) is 1.92. The van der Waals surface area contributed by atoms with E-state index in [0.29, 0.717) is 0 Å². The quantitative estimate of drug-likeness (QED) is 0.832. The van der Waals surface area contributed by atoms with Crippen LogP contribution in [0.15, 0.2) is 36.7 Å². The summed E-state index contributed by atoms with van der Waals surface area (Å²) in [6, 6.07) is 7.81. The van der Waals surface area contributed by atoms with Crippen molar-refractivity contribution in [3.63, 3.8) is 0 Å². The van der Waals surface area contributed by atoms with Crippen LogP contribution in [-0.2, 0) is 0 Å². The Morgan fingerprint density at radius 3 is 2.54 bits per heavy atom. The normalized spacial score (nSPS) is 15.9. The van der Waals surface area contributed by atoms with E-state index in [2.05, 4.69) is 38.8 Å². The summed E-state index contributed by atoms with van der Waals surface area (Å²) in [5.74, 6) is 0.951. The smallest absolute Gasteiger partial charge is 0.155 e. The molecule has 0 atom stereocenters. The fourth-order valence-corrected chi connectivity index (χ4v) is 3.12. The molecule has 1 aromatic carbocycles. The van der Waals surface area contributed by atoms with E-state index in [9.17, 15) is 0 Å². The van der Waals surface area contributed by atoms with E-state index in [-0.39, 0.29) is 0 Å². The Labute approximate surface area is 148 Å². The van der Waals surface area contributed by atoms with Crippen molar-refractivity contribution in [1.29, 1.82) is 0 Å².